The minimum Gasteiger partial charge on any atom is -0.378 e. The third-order valence-electron chi connectivity index (χ3n) is 4.26. The zero-order valence-corrected chi connectivity index (χ0v) is 16.2. The molecule has 0 aromatic heterocycles. The number of nitrogens with one attached hydrogen (secondary N) is 1. The fraction of sp³-hybridized carbons (Fsp3) is 0.381. The molecule has 1 heterocycles. The number of rotatable bonds is 6. The lowest BCUT2D eigenvalue weighted by atomic mass is 10.1. The fourth-order valence-corrected chi connectivity index (χ4v) is 3.89. The second-order valence-electron chi connectivity index (χ2n) is 6.61. The summed E-state index contributed by atoms with van der Waals surface area (Å²) in [5, 5.41) is 3.48. The number of carbonyl (C=O) groups excluding carboxylic acids is 1. The third-order valence-corrected chi connectivity index (χ3v) is 5.34. The van der Waals surface area contributed by atoms with E-state index in [1.807, 2.05) is 24.3 Å². The van der Waals surface area contributed by atoms with Gasteiger partial charge in [0.2, 0.25) is 0 Å². The van der Waals surface area contributed by atoms with Crippen molar-refractivity contribution >= 4 is 23.4 Å². The Morgan fingerprint density at radius 1 is 1.12 bits per heavy atom. The minimum absolute atomic E-state index is 0.0222. The maximum Gasteiger partial charge on any atom is 0.252 e. The largest absolute Gasteiger partial charge is 0.378 e. The highest BCUT2D eigenvalue weighted by Gasteiger charge is 2.13. The Labute approximate surface area is 159 Å². The van der Waals surface area contributed by atoms with Crippen LogP contribution in [-0.4, -0.2) is 37.5 Å². The molecule has 0 atom stereocenters. The molecule has 0 unspecified atom stereocenters. The lowest BCUT2D eigenvalue weighted by Gasteiger charge is -2.28. The molecule has 5 heteroatoms. The second-order valence-corrected chi connectivity index (χ2v) is 8.23. The molecule has 138 valence electrons. The molecule has 0 spiro atoms. The summed E-state index contributed by atoms with van der Waals surface area (Å²) in [6, 6.07) is 16.2. The third kappa shape index (κ3) is 5.02. The summed E-state index contributed by atoms with van der Waals surface area (Å²) in [6.07, 6.45) is 0. The molecule has 0 saturated carbocycles. The van der Waals surface area contributed by atoms with Crippen molar-refractivity contribution in [2.45, 2.75) is 30.5 Å². The first kappa shape index (κ1) is 18.8. The van der Waals surface area contributed by atoms with Gasteiger partial charge in [-0.1, -0.05) is 38.1 Å². The van der Waals surface area contributed by atoms with E-state index < -0.39 is 0 Å². The van der Waals surface area contributed by atoms with Gasteiger partial charge in [0.25, 0.3) is 5.91 Å². The van der Waals surface area contributed by atoms with Gasteiger partial charge in [-0.15, -0.1) is 11.8 Å². The molecule has 1 aliphatic heterocycles. The zero-order chi connectivity index (χ0) is 18.4. The van der Waals surface area contributed by atoms with Gasteiger partial charge in [0.15, 0.2) is 0 Å². The van der Waals surface area contributed by atoms with Crippen LogP contribution >= 0.6 is 11.8 Å². The van der Waals surface area contributed by atoms with Gasteiger partial charge in [0, 0.05) is 35.5 Å². The van der Waals surface area contributed by atoms with E-state index in [-0.39, 0.29) is 5.91 Å². The van der Waals surface area contributed by atoms with Crippen LogP contribution in [0.5, 0.6) is 0 Å². The van der Waals surface area contributed by atoms with Gasteiger partial charge in [-0.25, -0.2) is 0 Å². The van der Waals surface area contributed by atoms with Gasteiger partial charge in [-0.3, -0.25) is 4.79 Å². The van der Waals surface area contributed by atoms with E-state index in [1.165, 1.54) is 5.69 Å². The van der Waals surface area contributed by atoms with E-state index in [2.05, 4.69) is 48.3 Å². The molecular formula is C21H26N2O2S. The molecule has 1 amide bonds. The Morgan fingerprint density at radius 2 is 1.81 bits per heavy atom. The molecular weight excluding hydrogens is 344 g/mol. The van der Waals surface area contributed by atoms with Crippen molar-refractivity contribution in [3.63, 3.8) is 0 Å². The Kier molecular flexibility index (Phi) is 6.58. The molecule has 1 aliphatic rings. The minimum atomic E-state index is -0.0222. The van der Waals surface area contributed by atoms with Crippen LogP contribution in [0.3, 0.4) is 0 Å². The molecule has 1 saturated heterocycles. The first-order valence-corrected chi connectivity index (χ1v) is 9.97. The molecule has 2 aromatic carbocycles. The van der Waals surface area contributed by atoms with Gasteiger partial charge in [0.1, 0.15) is 0 Å². The van der Waals surface area contributed by atoms with Gasteiger partial charge in [-0.05, 0) is 29.8 Å². The molecule has 0 radical (unpaired) electrons. The Morgan fingerprint density at radius 3 is 2.50 bits per heavy atom. The van der Waals surface area contributed by atoms with Crippen molar-refractivity contribution in [2.75, 3.05) is 31.2 Å². The van der Waals surface area contributed by atoms with E-state index in [4.69, 9.17) is 4.74 Å². The number of benzene rings is 2. The predicted molar refractivity (Wildman–Crippen MR) is 108 cm³/mol. The standard InChI is InChI=1S/C21H26N2O2S/c1-16(2)26-20-6-4-3-5-19(20)21(24)22-15-17-7-9-18(10-8-17)23-11-13-25-14-12-23/h3-10,16H,11-15H2,1-2H3,(H,22,24). The van der Waals surface area contributed by atoms with Crippen LogP contribution in [-0.2, 0) is 11.3 Å². The first-order chi connectivity index (χ1) is 12.6. The van der Waals surface area contributed by atoms with Crippen LogP contribution in [0.2, 0.25) is 0 Å². The number of ether oxygens (including phenoxy) is 1. The zero-order valence-electron chi connectivity index (χ0n) is 15.4. The molecule has 0 aliphatic carbocycles. The maximum absolute atomic E-state index is 12.6. The van der Waals surface area contributed by atoms with Crippen molar-refractivity contribution < 1.29 is 9.53 Å². The molecule has 4 nitrogen and oxygen atoms in total. The normalized spacial score (nSPS) is 14.5. The Balaban J connectivity index is 1.59. The number of carbonyl (C=O) groups is 1. The highest BCUT2D eigenvalue weighted by atomic mass is 32.2. The number of hydrogen-bond donors (Lipinski definition) is 1. The van der Waals surface area contributed by atoms with Gasteiger partial charge in [0.05, 0.1) is 18.8 Å². The van der Waals surface area contributed by atoms with E-state index in [0.29, 0.717) is 11.8 Å². The summed E-state index contributed by atoms with van der Waals surface area (Å²) >= 11 is 1.72. The number of anilines is 1. The van der Waals surface area contributed by atoms with E-state index >= 15 is 0 Å². The highest BCUT2D eigenvalue weighted by molar-refractivity contribution is 8.00. The number of morpholine rings is 1. The molecule has 2 aromatic rings. The van der Waals surface area contributed by atoms with E-state index in [1.54, 1.807) is 11.8 Å². The summed E-state index contributed by atoms with van der Waals surface area (Å²) < 4.78 is 5.39. The topological polar surface area (TPSA) is 41.6 Å². The van der Waals surface area contributed by atoms with Crippen LogP contribution in [0.15, 0.2) is 53.4 Å². The van der Waals surface area contributed by atoms with Gasteiger partial charge in [-0.2, -0.15) is 0 Å². The summed E-state index contributed by atoms with van der Waals surface area (Å²) in [7, 11) is 0. The Bertz CT molecular complexity index is 725. The Hall–Kier alpha value is -1.98. The average molecular weight is 371 g/mol. The summed E-state index contributed by atoms with van der Waals surface area (Å²) in [5.74, 6) is -0.0222. The van der Waals surface area contributed by atoms with Crippen LogP contribution < -0.4 is 10.2 Å². The first-order valence-electron chi connectivity index (χ1n) is 9.09. The predicted octanol–water partition coefficient (Wildman–Crippen LogP) is 3.95. The van der Waals surface area contributed by atoms with Crippen LogP contribution in [0.1, 0.15) is 29.8 Å². The molecule has 1 N–H and O–H groups in total. The summed E-state index contributed by atoms with van der Waals surface area (Å²) in [5.41, 5.74) is 3.06. The summed E-state index contributed by atoms with van der Waals surface area (Å²) in [4.78, 5) is 15.9. The molecule has 1 fully saturated rings. The van der Waals surface area contributed by atoms with Crippen LogP contribution in [0.25, 0.3) is 0 Å². The van der Waals surface area contributed by atoms with E-state index in [9.17, 15) is 4.79 Å². The van der Waals surface area contributed by atoms with Crippen molar-refractivity contribution in [3.8, 4) is 0 Å². The number of nitrogens with zero attached hydrogens (tertiary/aromatic N) is 1. The lowest BCUT2D eigenvalue weighted by Crippen LogP contribution is -2.36. The SMILES string of the molecule is CC(C)Sc1ccccc1C(=O)NCc1ccc(N2CCOCC2)cc1. The van der Waals surface area contributed by atoms with Crippen molar-refractivity contribution in [2.24, 2.45) is 0 Å². The van der Waals surface area contributed by atoms with Crippen molar-refractivity contribution in [1.29, 1.82) is 0 Å². The quantitative estimate of drug-likeness (QED) is 0.782. The smallest absolute Gasteiger partial charge is 0.252 e. The number of hydrogen-bond acceptors (Lipinski definition) is 4. The van der Waals surface area contributed by atoms with Crippen LogP contribution in [0, 0.1) is 0 Å². The van der Waals surface area contributed by atoms with Crippen molar-refractivity contribution in [3.05, 3.63) is 59.7 Å². The lowest BCUT2D eigenvalue weighted by molar-refractivity contribution is 0.0948. The van der Waals surface area contributed by atoms with Crippen LogP contribution in [0.4, 0.5) is 5.69 Å². The molecule has 26 heavy (non-hydrogen) atoms. The molecule has 0 bridgehead atoms. The van der Waals surface area contributed by atoms with E-state index in [0.717, 1.165) is 42.3 Å². The maximum atomic E-state index is 12.6. The average Bonchev–Trinajstić information content (AvgIpc) is 2.67. The second kappa shape index (κ2) is 9.10. The molecule has 3 rings (SSSR count). The fourth-order valence-electron chi connectivity index (χ4n) is 2.93. The number of thioether (sulfide) groups is 1. The monoisotopic (exact) mass is 370 g/mol. The number of amides is 1. The van der Waals surface area contributed by atoms with Gasteiger partial charge < -0.3 is 15.0 Å². The van der Waals surface area contributed by atoms with Crippen molar-refractivity contribution in [1.82, 2.24) is 5.32 Å². The highest BCUT2D eigenvalue weighted by Crippen LogP contribution is 2.26. The van der Waals surface area contributed by atoms with Gasteiger partial charge >= 0.3 is 0 Å². The summed E-state index contributed by atoms with van der Waals surface area (Å²) in [6.45, 7) is 8.23.